The monoisotopic (exact) mass is 398 g/mol. The van der Waals surface area contributed by atoms with Crippen LogP contribution in [0.5, 0.6) is 5.75 Å². The minimum atomic E-state index is 0.612. The Labute approximate surface area is 180 Å². The highest BCUT2D eigenvalue weighted by atomic mass is 16.5. The lowest BCUT2D eigenvalue weighted by atomic mass is 10.2. The number of benzene rings is 3. The van der Waals surface area contributed by atoms with Gasteiger partial charge in [0, 0.05) is 39.3 Å². The van der Waals surface area contributed by atoms with E-state index >= 15 is 0 Å². The molecule has 0 spiro atoms. The topological polar surface area (TPSA) is 15.7 Å². The fourth-order valence-corrected chi connectivity index (χ4v) is 3.72. The highest BCUT2D eigenvalue weighted by Crippen LogP contribution is 2.16. The van der Waals surface area contributed by atoms with Gasteiger partial charge >= 0.3 is 0 Å². The summed E-state index contributed by atoms with van der Waals surface area (Å²) in [7, 11) is 0. The maximum Gasteiger partial charge on any atom is 0.119 e. The van der Waals surface area contributed by atoms with E-state index in [-0.39, 0.29) is 0 Å². The molecule has 3 aromatic carbocycles. The van der Waals surface area contributed by atoms with E-state index in [2.05, 4.69) is 88.7 Å². The van der Waals surface area contributed by atoms with E-state index in [1.807, 2.05) is 18.2 Å². The molecule has 1 aliphatic heterocycles. The molecular weight excluding hydrogens is 368 g/mol. The zero-order valence-electron chi connectivity index (χ0n) is 17.5. The van der Waals surface area contributed by atoms with Crippen LogP contribution in [0.1, 0.15) is 16.7 Å². The van der Waals surface area contributed by atoms with Gasteiger partial charge in [-0.05, 0) is 28.8 Å². The predicted molar refractivity (Wildman–Crippen MR) is 124 cm³/mol. The molecule has 1 aliphatic rings. The largest absolute Gasteiger partial charge is 0.489 e. The summed E-state index contributed by atoms with van der Waals surface area (Å²) in [6.07, 6.45) is 4.49. The van der Waals surface area contributed by atoms with E-state index < -0.39 is 0 Å². The summed E-state index contributed by atoms with van der Waals surface area (Å²) in [6.45, 7) is 7.12. The van der Waals surface area contributed by atoms with Crippen molar-refractivity contribution in [1.82, 2.24) is 9.80 Å². The molecule has 1 fully saturated rings. The summed E-state index contributed by atoms with van der Waals surface area (Å²) in [5, 5.41) is 0. The molecule has 0 N–H and O–H groups in total. The van der Waals surface area contributed by atoms with Gasteiger partial charge in [0.25, 0.3) is 0 Å². The van der Waals surface area contributed by atoms with E-state index in [1.165, 1.54) is 16.7 Å². The molecule has 0 unspecified atom stereocenters. The third-order valence-corrected chi connectivity index (χ3v) is 5.52. The number of nitrogens with zero attached hydrogens (tertiary/aromatic N) is 2. The maximum absolute atomic E-state index is 5.89. The van der Waals surface area contributed by atoms with Gasteiger partial charge in [-0.3, -0.25) is 9.80 Å². The number of hydrogen-bond donors (Lipinski definition) is 0. The Hall–Kier alpha value is -2.88. The van der Waals surface area contributed by atoms with Gasteiger partial charge in [0.2, 0.25) is 0 Å². The predicted octanol–water partition coefficient (Wildman–Crippen LogP) is 5.10. The molecule has 30 heavy (non-hydrogen) atoms. The first-order valence-electron chi connectivity index (χ1n) is 10.8. The molecule has 0 aromatic heterocycles. The molecule has 3 nitrogen and oxygen atoms in total. The van der Waals surface area contributed by atoms with Crippen LogP contribution in [-0.4, -0.2) is 42.5 Å². The fourth-order valence-electron chi connectivity index (χ4n) is 3.72. The molecular formula is C27H30N2O. The highest BCUT2D eigenvalue weighted by Gasteiger charge is 2.15. The van der Waals surface area contributed by atoms with Crippen molar-refractivity contribution in [3.05, 3.63) is 108 Å². The summed E-state index contributed by atoms with van der Waals surface area (Å²) in [6, 6.07) is 29.4. The molecule has 0 amide bonds. The van der Waals surface area contributed by atoms with Crippen LogP contribution in [0.25, 0.3) is 6.08 Å². The summed E-state index contributed by atoms with van der Waals surface area (Å²) >= 11 is 0. The lowest BCUT2D eigenvalue weighted by molar-refractivity contribution is 0.137. The van der Waals surface area contributed by atoms with E-state index in [1.54, 1.807) is 0 Å². The third-order valence-electron chi connectivity index (χ3n) is 5.52. The van der Waals surface area contributed by atoms with Gasteiger partial charge in [-0.1, -0.05) is 84.9 Å². The minimum absolute atomic E-state index is 0.612. The number of piperazine rings is 1. The lowest BCUT2D eigenvalue weighted by Gasteiger charge is -2.34. The average molecular weight is 399 g/mol. The van der Waals surface area contributed by atoms with Crippen LogP contribution in [0.4, 0.5) is 0 Å². The number of hydrogen-bond acceptors (Lipinski definition) is 3. The van der Waals surface area contributed by atoms with Crippen LogP contribution in [0.3, 0.4) is 0 Å². The van der Waals surface area contributed by atoms with Crippen LogP contribution in [0.15, 0.2) is 91.0 Å². The van der Waals surface area contributed by atoms with Gasteiger partial charge < -0.3 is 4.74 Å². The first kappa shape index (κ1) is 20.4. The van der Waals surface area contributed by atoms with Crippen LogP contribution >= 0.6 is 0 Å². The molecule has 0 radical (unpaired) electrons. The summed E-state index contributed by atoms with van der Waals surface area (Å²) < 4.78 is 5.89. The van der Waals surface area contributed by atoms with Crippen LogP contribution in [0, 0.1) is 0 Å². The first-order valence-corrected chi connectivity index (χ1v) is 10.8. The van der Waals surface area contributed by atoms with Crippen molar-refractivity contribution in [1.29, 1.82) is 0 Å². The normalized spacial score (nSPS) is 15.5. The van der Waals surface area contributed by atoms with Crippen molar-refractivity contribution in [2.75, 3.05) is 32.7 Å². The molecule has 1 saturated heterocycles. The van der Waals surface area contributed by atoms with Crippen LogP contribution < -0.4 is 4.74 Å². The quantitative estimate of drug-likeness (QED) is 0.525. The molecule has 1 heterocycles. The zero-order chi connectivity index (χ0) is 20.4. The summed E-state index contributed by atoms with van der Waals surface area (Å²) in [5.74, 6) is 0.928. The Morgan fingerprint density at radius 2 is 1.30 bits per heavy atom. The fraction of sp³-hybridized carbons (Fsp3) is 0.259. The van der Waals surface area contributed by atoms with E-state index in [4.69, 9.17) is 4.74 Å². The SMILES string of the molecule is C(=C\c1ccccc1)/CN1CCN(Cc2ccc(OCc3ccccc3)cc2)CC1. The number of ether oxygens (including phenoxy) is 1. The summed E-state index contributed by atoms with van der Waals surface area (Å²) in [5.41, 5.74) is 3.81. The molecule has 0 saturated carbocycles. The van der Waals surface area contributed by atoms with E-state index in [0.717, 1.165) is 45.0 Å². The van der Waals surface area contributed by atoms with Gasteiger partial charge in [-0.2, -0.15) is 0 Å². The highest BCUT2D eigenvalue weighted by molar-refractivity contribution is 5.48. The van der Waals surface area contributed by atoms with E-state index in [9.17, 15) is 0 Å². The van der Waals surface area contributed by atoms with Crippen LogP contribution in [0.2, 0.25) is 0 Å². The van der Waals surface area contributed by atoms with Gasteiger partial charge in [0.15, 0.2) is 0 Å². The Kier molecular flexibility index (Phi) is 7.32. The maximum atomic E-state index is 5.89. The summed E-state index contributed by atoms with van der Waals surface area (Å²) in [4.78, 5) is 5.06. The van der Waals surface area contributed by atoms with Crippen molar-refractivity contribution < 1.29 is 4.74 Å². The standard InChI is InChI=1S/C27H30N2O/c1-3-8-24(9-4-1)12-7-17-28-18-20-29(21-19-28)22-25-13-15-27(16-14-25)30-23-26-10-5-2-6-11-26/h1-16H,17-23H2/b12-7+. The van der Waals surface area contributed by atoms with Gasteiger partial charge in [-0.15, -0.1) is 0 Å². The Morgan fingerprint density at radius 3 is 2.00 bits per heavy atom. The molecule has 0 atom stereocenters. The first-order chi connectivity index (χ1) is 14.8. The van der Waals surface area contributed by atoms with E-state index in [0.29, 0.717) is 6.61 Å². The van der Waals surface area contributed by atoms with Crippen molar-refractivity contribution >= 4 is 6.08 Å². The second-order valence-electron chi connectivity index (χ2n) is 7.81. The van der Waals surface area contributed by atoms with Gasteiger partial charge in [0.1, 0.15) is 12.4 Å². The van der Waals surface area contributed by atoms with Crippen LogP contribution in [-0.2, 0) is 13.2 Å². The zero-order valence-corrected chi connectivity index (χ0v) is 17.5. The smallest absolute Gasteiger partial charge is 0.119 e. The van der Waals surface area contributed by atoms with Crippen molar-refractivity contribution in [3.8, 4) is 5.75 Å². The second-order valence-corrected chi connectivity index (χ2v) is 7.81. The van der Waals surface area contributed by atoms with Crippen molar-refractivity contribution in [2.24, 2.45) is 0 Å². The minimum Gasteiger partial charge on any atom is -0.489 e. The number of rotatable bonds is 8. The molecule has 0 aliphatic carbocycles. The third kappa shape index (κ3) is 6.31. The molecule has 154 valence electrons. The van der Waals surface area contributed by atoms with Gasteiger partial charge in [-0.25, -0.2) is 0 Å². The Bertz CT molecular complexity index is 899. The average Bonchev–Trinajstić information content (AvgIpc) is 2.81. The van der Waals surface area contributed by atoms with Crippen molar-refractivity contribution in [3.63, 3.8) is 0 Å². The molecule has 4 rings (SSSR count). The second kappa shape index (κ2) is 10.8. The molecule has 0 bridgehead atoms. The lowest BCUT2D eigenvalue weighted by Crippen LogP contribution is -2.45. The Morgan fingerprint density at radius 1 is 0.667 bits per heavy atom. The van der Waals surface area contributed by atoms with Crippen molar-refractivity contribution in [2.45, 2.75) is 13.2 Å². The van der Waals surface area contributed by atoms with Gasteiger partial charge in [0.05, 0.1) is 0 Å². The molecule has 3 aromatic rings. The Balaban J connectivity index is 1.18. The molecule has 3 heteroatoms.